The molecule has 0 saturated heterocycles. The maximum Gasteiger partial charge on any atom is 0.271 e. The molecule has 0 spiro atoms. The first-order chi connectivity index (χ1) is 8.99. The largest absolute Gasteiger partial charge is 0.346 e. The van der Waals surface area contributed by atoms with E-state index in [4.69, 9.17) is 23.2 Å². The van der Waals surface area contributed by atoms with Gasteiger partial charge in [-0.3, -0.25) is 9.48 Å². The molecule has 0 aliphatic heterocycles. The second kappa shape index (κ2) is 5.59. The Labute approximate surface area is 120 Å². The molecule has 0 aromatic carbocycles. The third-order valence-corrected chi connectivity index (χ3v) is 3.32. The summed E-state index contributed by atoms with van der Waals surface area (Å²) in [5.74, 6) is -0.365. The van der Waals surface area contributed by atoms with Gasteiger partial charge in [-0.25, -0.2) is 4.98 Å². The van der Waals surface area contributed by atoms with E-state index in [2.05, 4.69) is 15.4 Å². The maximum atomic E-state index is 12.0. The number of carbonyl (C=O) groups excluding carboxylic acids is 1. The van der Waals surface area contributed by atoms with Gasteiger partial charge < -0.3 is 5.32 Å². The van der Waals surface area contributed by atoms with Crippen LogP contribution in [0.5, 0.6) is 0 Å². The summed E-state index contributed by atoms with van der Waals surface area (Å²) in [5.41, 5.74) is 2.05. The summed E-state index contributed by atoms with van der Waals surface area (Å²) in [4.78, 5) is 15.9. The van der Waals surface area contributed by atoms with Gasteiger partial charge in [0.15, 0.2) is 0 Å². The van der Waals surface area contributed by atoms with Crippen LogP contribution >= 0.6 is 23.2 Å². The summed E-state index contributed by atoms with van der Waals surface area (Å²) in [7, 11) is 1.84. The molecule has 0 fully saturated rings. The summed E-state index contributed by atoms with van der Waals surface area (Å²) in [6.07, 6.45) is 1.71. The van der Waals surface area contributed by atoms with Crippen molar-refractivity contribution in [3.05, 3.63) is 45.5 Å². The van der Waals surface area contributed by atoms with Gasteiger partial charge in [-0.05, 0) is 19.1 Å². The van der Waals surface area contributed by atoms with Crippen LogP contribution in [0.2, 0.25) is 10.2 Å². The number of halogens is 2. The van der Waals surface area contributed by atoms with Crippen LogP contribution in [-0.2, 0) is 13.6 Å². The van der Waals surface area contributed by atoms with Crippen LogP contribution in [0.15, 0.2) is 18.3 Å². The SMILES string of the molecule is Cc1c(CNC(=O)c2nc(Cl)ccc2Cl)cnn1C. The Morgan fingerprint density at radius 3 is 2.79 bits per heavy atom. The summed E-state index contributed by atoms with van der Waals surface area (Å²) in [5, 5.41) is 7.34. The average molecular weight is 299 g/mol. The molecule has 0 radical (unpaired) electrons. The molecule has 0 atom stereocenters. The lowest BCUT2D eigenvalue weighted by molar-refractivity contribution is 0.0946. The lowest BCUT2D eigenvalue weighted by Gasteiger charge is -2.06. The van der Waals surface area contributed by atoms with Crippen molar-refractivity contribution in [2.75, 3.05) is 0 Å². The molecule has 2 heterocycles. The molecule has 0 unspecified atom stereocenters. The van der Waals surface area contributed by atoms with E-state index in [-0.39, 0.29) is 21.8 Å². The first-order valence-corrected chi connectivity index (χ1v) is 6.32. The van der Waals surface area contributed by atoms with Crippen LogP contribution < -0.4 is 5.32 Å². The van der Waals surface area contributed by atoms with Crippen LogP contribution in [0, 0.1) is 6.92 Å². The van der Waals surface area contributed by atoms with Crippen LogP contribution in [0.4, 0.5) is 0 Å². The minimum Gasteiger partial charge on any atom is -0.346 e. The highest BCUT2D eigenvalue weighted by atomic mass is 35.5. The molecule has 0 aliphatic carbocycles. The summed E-state index contributed by atoms with van der Waals surface area (Å²) in [6, 6.07) is 3.08. The molecule has 19 heavy (non-hydrogen) atoms. The van der Waals surface area contributed by atoms with Crippen LogP contribution in [-0.4, -0.2) is 20.7 Å². The highest BCUT2D eigenvalue weighted by Crippen LogP contribution is 2.16. The van der Waals surface area contributed by atoms with E-state index in [0.717, 1.165) is 11.3 Å². The van der Waals surface area contributed by atoms with Crippen molar-refractivity contribution in [1.82, 2.24) is 20.1 Å². The van der Waals surface area contributed by atoms with Crippen LogP contribution in [0.25, 0.3) is 0 Å². The van der Waals surface area contributed by atoms with Crippen molar-refractivity contribution in [2.45, 2.75) is 13.5 Å². The molecule has 2 aromatic heterocycles. The molecule has 0 bridgehead atoms. The Kier molecular flexibility index (Phi) is 4.07. The molecule has 0 aliphatic rings. The molecule has 2 rings (SSSR count). The van der Waals surface area contributed by atoms with Gasteiger partial charge in [-0.2, -0.15) is 5.10 Å². The number of rotatable bonds is 3. The quantitative estimate of drug-likeness (QED) is 0.885. The summed E-state index contributed by atoms with van der Waals surface area (Å²) in [6.45, 7) is 2.29. The lowest BCUT2D eigenvalue weighted by Crippen LogP contribution is -2.24. The smallest absolute Gasteiger partial charge is 0.271 e. The molecular weight excluding hydrogens is 287 g/mol. The van der Waals surface area contributed by atoms with Crippen molar-refractivity contribution in [2.24, 2.45) is 7.05 Å². The second-order valence-corrected chi connectivity index (χ2v) is 4.82. The number of nitrogens with zero attached hydrogens (tertiary/aromatic N) is 3. The second-order valence-electron chi connectivity index (χ2n) is 4.03. The fourth-order valence-corrected chi connectivity index (χ4v) is 1.89. The molecule has 5 nitrogen and oxygen atoms in total. The first kappa shape index (κ1) is 13.8. The minimum atomic E-state index is -0.365. The van der Waals surface area contributed by atoms with Gasteiger partial charge in [0.1, 0.15) is 10.8 Å². The third-order valence-electron chi connectivity index (χ3n) is 2.80. The zero-order valence-electron chi connectivity index (χ0n) is 10.4. The Morgan fingerprint density at radius 2 is 2.16 bits per heavy atom. The molecule has 7 heteroatoms. The van der Waals surface area contributed by atoms with E-state index in [1.165, 1.54) is 6.07 Å². The molecule has 1 amide bonds. The highest BCUT2D eigenvalue weighted by Gasteiger charge is 2.13. The zero-order valence-corrected chi connectivity index (χ0v) is 12.0. The van der Waals surface area contributed by atoms with Gasteiger partial charge >= 0.3 is 0 Å². The van der Waals surface area contributed by atoms with Crippen molar-refractivity contribution >= 4 is 29.1 Å². The molecule has 1 N–H and O–H groups in total. The van der Waals surface area contributed by atoms with E-state index >= 15 is 0 Å². The van der Waals surface area contributed by atoms with E-state index in [9.17, 15) is 4.79 Å². The molecule has 100 valence electrons. The molecule has 0 saturated carbocycles. The normalized spacial score (nSPS) is 10.5. The predicted molar refractivity (Wildman–Crippen MR) is 73.4 cm³/mol. The van der Waals surface area contributed by atoms with Gasteiger partial charge in [-0.1, -0.05) is 23.2 Å². The lowest BCUT2D eigenvalue weighted by atomic mass is 10.2. The number of carbonyl (C=O) groups is 1. The van der Waals surface area contributed by atoms with Crippen molar-refractivity contribution in [3.63, 3.8) is 0 Å². The van der Waals surface area contributed by atoms with Gasteiger partial charge in [0.2, 0.25) is 0 Å². The van der Waals surface area contributed by atoms with Crippen LogP contribution in [0.3, 0.4) is 0 Å². The average Bonchev–Trinajstić information content (AvgIpc) is 2.70. The first-order valence-electron chi connectivity index (χ1n) is 5.56. The van der Waals surface area contributed by atoms with Gasteiger partial charge in [0, 0.05) is 24.8 Å². The number of aryl methyl sites for hydroxylation is 1. The monoisotopic (exact) mass is 298 g/mol. The van der Waals surface area contributed by atoms with Crippen molar-refractivity contribution in [1.29, 1.82) is 0 Å². The van der Waals surface area contributed by atoms with E-state index in [1.807, 2.05) is 14.0 Å². The number of aromatic nitrogens is 3. The summed E-state index contributed by atoms with van der Waals surface area (Å²) >= 11 is 11.7. The third kappa shape index (κ3) is 3.05. The predicted octanol–water partition coefficient (Wildman–Crippen LogP) is 2.36. The van der Waals surface area contributed by atoms with E-state index in [1.54, 1.807) is 16.9 Å². The van der Waals surface area contributed by atoms with Crippen molar-refractivity contribution < 1.29 is 4.79 Å². The van der Waals surface area contributed by atoms with Crippen LogP contribution in [0.1, 0.15) is 21.7 Å². The minimum absolute atomic E-state index is 0.121. The molecular formula is C12H12Cl2N4O. The fraction of sp³-hybridized carbons (Fsp3) is 0.250. The highest BCUT2D eigenvalue weighted by molar-refractivity contribution is 6.34. The number of hydrogen-bond acceptors (Lipinski definition) is 3. The zero-order chi connectivity index (χ0) is 14.0. The Hall–Kier alpha value is -1.59. The van der Waals surface area contributed by atoms with Crippen molar-refractivity contribution in [3.8, 4) is 0 Å². The Balaban J connectivity index is 2.09. The topological polar surface area (TPSA) is 59.8 Å². The number of nitrogens with one attached hydrogen (secondary N) is 1. The maximum absolute atomic E-state index is 12.0. The van der Waals surface area contributed by atoms with Gasteiger partial charge in [-0.15, -0.1) is 0 Å². The standard InChI is InChI=1S/C12H12Cl2N4O/c1-7-8(6-16-18(7)2)5-15-12(19)11-9(13)3-4-10(14)17-11/h3-4,6H,5H2,1-2H3,(H,15,19). The number of pyridine rings is 1. The van der Waals surface area contributed by atoms with E-state index in [0.29, 0.717) is 6.54 Å². The summed E-state index contributed by atoms with van der Waals surface area (Å²) < 4.78 is 1.74. The number of hydrogen-bond donors (Lipinski definition) is 1. The Morgan fingerprint density at radius 1 is 1.42 bits per heavy atom. The molecule has 2 aromatic rings. The number of amides is 1. The van der Waals surface area contributed by atoms with Gasteiger partial charge in [0.05, 0.1) is 11.2 Å². The Bertz CT molecular complexity index is 624. The van der Waals surface area contributed by atoms with Gasteiger partial charge in [0.25, 0.3) is 5.91 Å². The fourth-order valence-electron chi connectivity index (χ4n) is 1.55. The van der Waals surface area contributed by atoms with E-state index < -0.39 is 0 Å².